The summed E-state index contributed by atoms with van der Waals surface area (Å²) in [6.45, 7) is 0. The van der Waals surface area contributed by atoms with Crippen LogP contribution in [-0.2, 0) is 0 Å². The molecule has 0 heterocycles. The quantitative estimate of drug-likeness (QED) is 0.826. The molecule has 0 aliphatic rings. The van der Waals surface area contributed by atoms with Gasteiger partial charge in [0.2, 0.25) is 0 Å². The number of nitrogens with one attached hydrogen (secondary N) is 1. The van der Waals surface area contributed by atoms with E-state index in [0.29, 0.717) is 21.8 Å². The lowest BCUT2D eigenvalue weighted by molar-refractivity contribution is 0.498. The minimum Gasteiger partial charge on any atom is -0.353 e. The number of hydrogen-bond donors (Lipinski definition) is 1. The van der Waals surface area contributed by atoms with Crippen LogP contribution in [0.2, 0.25) is 0 Å². The second-order valence-electron chi connectivity index (χ2n) is 3.68. The van der Waals surface area contributed by atoms with Crippen LogP contribution < -0.4 is 5.32 Å². The van der Waals surface area contributed by atoms with Gasteiger partial charge in [0, 0.05) is 22.3 Å². The van der Waals surface area contributed by atoms with E-state index in [1.165, 1.54) is 18.2 Å². The number of anilines is 2. The predicted octanol–water partition coefficient (Wildman–Crippen LogP) is 4.48. The van der Waals surface area contributed by atoms with E-state index >= 15 is 0 Å². The lowest BCUT2D eigenvalue weighted by Crippen LogP contribution is -1.98. The van der Waals surface area contributed by atoms with E-state index in [-0.39, 0.29) is 5.69 Å². The highest BCUT2D eigenvalue weighted by Gasteiger charge is 2.11. The first-order valence-electron chi connectivity index (χ1n) is 5.12. The number of nitrogens with zero attached hydrogens (tertiary/aromatic N) is 1. The molecule has 2 aromatic rings. The minimum absolute atomic E-state index is 0.311. The Morgan fingerprint density at radius 3 is 2.47 bits per heavy atom. The van der Waals surface area contributed by atoms with Crippen LogP contribution in [-0.4, -0.2) is 0 Å². The van der Waals surface area contributed by atoms with Crippen molar-refractivity contribution in [1.82, 2.24) is 0 Å². The maximum absolute atomic E-state index is 13.4. The van der Waals surface area contributed by atoms with E-state index in [0.717, 1.165) is 6.07 Å². The summed E-state index contributed by atoms with van der Waals surface area (Å²) in [7, 11) is 0. The van der Waals surface area contributed by atoms with E-state index in [1.807, 2.05) is 6.07 Å². The molecule has 96 valence electrons. The topological polar surface area (TPSA) is 35.8 Å². The summed E-state index contributed by atoms with van der Waals surface area (Å²) in [4.78, 5) is 0. The second kappa shape index (κ2) is 5.33. The fourth-order valence-electron chi connectivity index (χ4n) is 1.49. The van der Waals surface area contributed by atoms with Gasteiger partial charge in [-0.15, -0.1) is 0 Å². The molecule has 2 nitrogen and oxygen atoms in total. The van der Waals surface area contributed by atoms with Gasteiger partial charge in [-0.3, -0.25) is 0 Å². The Morgan fingerprint density at radius 2 is 1.84 bits per heavy atom. The van der Waals surface area contributed by atoms with Crippen molar-refractivity contribution < 1.29 is 13.2 Å². The van der Waals surface area contributed by atoms with Crippen LogP contribution in [0.4, 0.5) is 24.5 Å². The fourth-order valence-corrected chi connectivity index (χ4v) is 1.95. The lowest BCUT2D eigenvalue weighted by Gasteiger charge is -2.09. The van der Waals surface area contributed by atoms with Crippen LogP contribution in [0, 0.1) is 28.8 Å². The number of halogens is 4. The molecule has 1 N–H and O–H groups in total. The Kier molecular flexibility index (Phi) is 3.76. The van der Waals surface area contributed by atoms with Gasteiger partial charge >= 0.3 is 0 Å². The average molecular weight is 327 g/mol. The summed E-state index contributed by atoms with van der Waals surface area (Å²) < 4.78 is 40.0. The van der Waals surface area contributed by atoms with Crippen molar-refractivity contribution in [3.05, 3.63) is 57.8 Å². The first kappa shape index (κ1) is 13.4. The summed E-state index contributed by atoms with van der Waals surface area (Å²) >= 11 is 3.16. The molecule has 6 heteroatoms. The van der Waals surface area contributed by atoms with Gasteiger partial charge in [-0.1, -0.05) is 0 Å². The molecule has 0 spiro atoms. The molecule has 0 fully saturated rings. The Labute approximate surface area is 115 Å². The Balaban J connectivity index is 2.37. The Bertz CT molecular complexity index is 680. The number of hydrogen-bond acceptors (Lipinski definition) is 2. The van der Waals surface area contributed by atoms with Crippen molar-refractivity contribution in [2.75, 3.05) is 5.32 Å². The maximum atomic E-state index is 13.4. The van der Waals surface area contributed by atoms with Crippen LogP contribution in [0.3, 0.4) is 0 Å². The minimum atomic E-state index is -1.27. The summed E-state index contributed by atoms with van der Waals surface area (Å²) in [5, 5.41) is 11.3. The monoisotopic (exact) mass is 326 g/mol. The molecule has 0 amide bonds. The molecule has 0 radical (unpaired) electrons. The fraction of sp³-hybridized carbons (Fsp3) is 0. The van der Waals surface area contributed by atoms with Gasteiger partial charge in [-0.2, -0.15) is 5.26 Å². The third-order valence-electron chi connectivity index (χ3n) is 2.36. The molecule has 0 unspecified atom stereocenters. The first-order valence-corrected chi connectivity index (χ1v) is 5.92. The molecule has 19 heavy (non-hydrogen) atoms. The van der Waals surface area contributed by atoms with Gasteiger partial charge in [0.25, 0.3) is 0 Å². The van der Waals surface area contributed by atoms with Crippen molar-refractivity contribution in [2.45, 2.75) is 0 Å². The molecule has 0 bridgehead atoms. The molecular weight excluding hydrogens is 321 g/mol. The van der Waals surface area contributed by atoms with E-state index in [1.54, 1.807) is 0 Å². The number of rotatable bonds is 2. The van der Waals surface area contributed by atoms with Crippen LogP contribution in [0.1, 0.15) is 5.56 Å². The van der Waals surface area contributed by atoms with Crippen LogP contribution >= 0.6 is 15.9 Å². The largest absolute Gasteiger partial charge is 0.353 e. The summed E-state index contributed by atoms with van der Waals surface area (Å²) in [5.41, 5.74) is 0.486. The predicted molar refractivity (Wildman–Crippen MR) is 68.5 cm³/mol. The zero-order valence-electron chi connectivity index (χ0n) is 9.35. The summed E-state index contributed by atoms with van der Waals surface area (Å²) in [6, 6.07) is 7.79. The molecule has 0 saturated heterocycles. The van der Waals surface area contributed by atoms with Crippen LogP contribution in [0.15, 0.2) is 34.8 Å². The molecule has 0 saturated carbocycles. The Hall–Kier alpha value is -2.00. The van der Waals surface area contributed by atoms with Gasteiger partial charge in [0.05, 0.1) is 11.3 Å². The van der Waals surface area contributed by atoms with Crippen molar-refractivity contribution in [3.63, 3.8) is 0 Å². The van der Waals surface area contributed by atoms with E-state index < -0.39 is 17.5 Å². The van der Waals surface area contributed by atoms with Gasteiger partial charge in [-0.25, -0.2) is 13.2 Å². The molecule has 0 atom stereocenters. The normalized spacial score (nSPS) is 10.1. The molecule has 2 aromatic carbocycles. The zero-order valence-corrected chi connectivity index (χ0v) is 10.9. The summed E-state index contributed by atoms with van der Waals surface area (Å²) in [6.07, 6.45) is 0. The van der Waals surface area contributed by atoms with Gasteiger partial charge < -0.3 is 5.32 Å². The zero-order chi connectivity index (χ0) is 14.0. The average Bonchev–Trinajstić information content (AvgIpc) is 2.35. The highest BCUT2D eigenvalue weighted by Crippen LogP contribution is 2.26. The van der Waals surface area contributed by atoms with E-state index in [9.17, 15) is 13.2 Å². The highest BCUT2D eigenvalue weighted by molar-refractivity contribution is 9.10. The third-order valence-corrected chi connectivity index (χ3v) is 3.02. The first-order chi connectivity index (χ1) is 9.01. The molecule has 0 aromatic heterocycles. The number of nitriles is 1. The Morgan fingerprint density at radius 1 is 1.11 bits per heavy atom. The van der Waals surface area contributed by atoms with Crippen molar-refractivity contribution in [3.8, 4) is 6.07 Å². The summed E-state index contributed by atoms with van der Waals surface area (Å²) in [5.74, 6) is -3.31. The number of benzene rings is 2. The molecular formula is C13H6BrF3N2. The van der Waals surface area contributed by atoms with Crippen molar-refractivity contribution >= 4 is 27.3 Å². The van der Waals surface area contributed by atoms with Gasteiger partial charge in [0.1, 0.15) is 11.9 Å². The SMILES string of the molecule is N#Cc1ccc(Nc2cc(F)cc(F)c2F)cc1Br. The van der Waals surface area contributed by atoms with Crippen molar-refractivity contribution in [2.24, 2.45) is 0 Å². The maximum Gasteiger partial charge on any atom is 0.182 e. The van der Waals surface area contributed by atoms with Crippen LogP contribution in [0.25, 0.3) is 0 Å². The highest BCUT2D eigenvalue weighted by atomic mass is 79.9. The molecule has 0 aliphatic carbocycles. The van der Waals surface area contributed by atoms with E-state index in [2.05, 4.69) is 21.2 Å². The van der Waals surface area contributed by atoms with Crippen LogP contribution in [0.5, 0.6) is 0 Å². The molecule has 2 rings (SSSR count). The van der Waals surface area contributed by atoms with Crippen molar-refractivity contribution in [1.29, 1.82) is 5.26 Å². The standard InChI is InChI=1S/C13H6BrF3N2/c14-10-5-9(2-1-7(10)6-18)19-12-4-8(15)3-11(16)13(12)17/h1-5,19H. The van der Waals surface area contributed by atoms with E-state index in [4.69, 9.17) is 5.26 Å². The third kappa shape index (κ3) is 2.88. The smallest absolute Gasteiger partial charge is 0.182 e. The lowest BCUT2D eigenvalue weighted by atomic mass is 10.2. The molecule has 0 aliphatic heterocycles. The van der Waals surface area contributed by atoms with Gasteiger partial charge in [0.15, 0.2) is 11.6 Å². The second-order valence-corrected chi connectivity index (χ2v) is 4.53. The van der Waals surface area contributed by atoms with Gasteiger partial charge in [-0.05, 0) is 34.1 Å².